The summed E-state index contributed by atoms with van der Waals surface area (Å²) < 4.78 is 0. The standard InChI is InChI=1S/C9H15N3.C2H6/c1-3-8(11)9(4-2)12-7-5-6-10;1-2/h3-4,12H,5,7,11H2,1-2H3;1-2H3/b8-3+,9-4+;. The van der Waals surface area contributed by atoms with Gasteiger partial charge in [0.1, 0.15) is 0 Å². The van der Waals surface area contributed by atoms with Gasteiger partial charge in [-0.15, -0.1) is 0 Å². The van der Waals surface area contributed by atoms with E-state index in [4.69, 9.17) is 11.0 Å². The fourth-order valence-electron chi connectivity index (χ4n) is 0.779. The van der Waals surface area contributed by atoms with Crippen LogP contribution in [0.1, 0.15) is 34.1 Å². The molecule has 3 nitrogen and oxygen atoms in total. The third-order valence-corrected chi connectivity index (χ3v) is 1.46. The van der Waals surface area contributed by atoms with E-state index in [-0.39, 0.29) is 0 Å². The predicted octanol–water partition coefficient (Wildman–Crippen LogP) is 2.28. The van der Waals surface area contributed by atoms with E-state index in [2.05, 4.69) is 11.4 Å². The molecule has 0 amide bonds. The third kappa shape index (κ3) is 7.23. The molecule has 0 aromatic heterocycles. The molecule has 3 N–H and O–H groups in total. The van der Waals surface area contributed by atoms with Crippen molar-refractivity contribution < 1.29 is 0 Å². The lowest BCUT2D eigenvalue weighted by Crippen LogP contribution is -2.19. The lowest BCUT2D eigenvalue weighted by molar-refractivity contribution is 0.809. The van der Waals surface area contributed by atoms with Crippen LogP contribution in [-0.2, 0) is 0 Å². The number of allylic oxidation sites excluding steroid dienone is 2. The van der Waals surface area contributed by atoms with Gasteiger partial charge in [-0.1, -0.05) is 26.0 Å². The number of nitrogens with zero attached hydrogens (tertiary/aromatic N) is 1. The van der Waals surface area contributed by atoms with Crippen LogP contribution in [0.3, 0.4) is 0 Å². The van der Waals surface area contributed by atoms with Crippen molar-refractivity contribution in [3.05, 3.63) is 23.5 Å². The first-order valence-electron chi connectivity index (χ1n) is 4.95. The quantitative estimate of drug-likeness (QED) is 0.534. The van der Waals surface area contributed by atoms with Crippen LogP contribution in [0.4, 0.5) is 0 Å². The molecule has 0 bridgehead atoms. The minimum atomic E-state index is 0.494. The molecule has 0 aliphatic heterocycles. The van der Waals surface area contributed by atoms with Gasteiger partial charge in [-0.05, 0) is 13.8 Å². The van der Waals surface area contributed by atoms with Gasteiger partial charge in [-0.3, -0.25) is 0 Å². The summed E-state index contributed by atoms with van der Waals surface area (Å²) in [6.07, 6.45) is 4.22. The van der Waals surface area contributed by atoms with E-state index in [0.717, 1.165) is 11.4 Å². The van der Waals surface area contributed by atoms with Gasteiger partial charge in [0.05, 0.1) is 23.9 Å². The zero-order valence-corrected chi connectivity index (χ0v) is 9.59. The Labute approximate surface area is 87.3 Å². The number of nitrogens with one attached hydrogen (secondary N) is 1. The Morgan fingerprint density at radius 1 is 1.36 bits per heavy atom. The fraction of sp³-hybridized carbons (Fsp3) is 0.545. The van der Waals surface area contributed by atoms with Crippen molar-refractivity contribution >= 4 is 0 Å². The van der Waals surface area contributed by atoms with Crippen LogP contribution in [0.25, 0.3) is 0 Å². The van der Waals surface area contributed by atoms with Crippen LogP contribution in [0.5, 0.6) is 0 Å². The van der Waals surface area contributed by atoms with Gasteiger partial charge in [0.25, 0.3) is 0 Å². The van der Waals surface area contributed by atoms with E-state index < -0.39 is 0 Å². The molecule has 0 unspecified atom stereocenters. The van der Waals surface area contributed by atoms with Crippen LogP contribution < -0.4 is 11.1 Å². The van der Waals surface area contributed by atoms with Crippen LogP contribution in [0.2, 0.25) is 0 Å². The molecule has 0 atom stereocenters. The molecule has 0 spiro atoms. The Kier molecular flexibility index (Phi) is 12.4. The van der Waals surface area contributed by atoms with Crippen LogP contribution in [0, 0.1) is 11.3 Å². The zero-order chi connectivity index (χ0) is 11.4. The summed E-state index contributed by atoms with van der Waals surface area (Å²) in [5, 5.41) is 11.4. The number of hydrogen-bond donors (Lipinski definition) is 2. The maximum atomic E-state index is 8.29. The maximum absolute atomic E-state index is 8.29. The van der Waals surface area contributed by atoms with Gasteiger partial charge >= 0.3 is 0 Å². The molecule has 14 heavy (non-hydrogen) atoms. The fourth-order valence-corrected chi connectivity index (χ4v) is 0.779. The molecule has 0 fully saturated rings. The molecule has 0 heterocycles. The second-order valence-corrected chi connectivity index (χ2v) is 2.28. The SMILES string of the molecule is C/C=C(N)\C(=C/C)NCCC#N.CC. The van der Waals surface area contributed by atoms with Crippen LogP contribution in [0.15, 0.2) is 23.5 Å². The summed E-state index contributed by atoms with van der Waals surface area (Å²) in [7, 11) is 0. The molecule has 0 aromatic rings. The van der Waals surface area contributed by atoms with Gasteiger partial charge in [0.2, 0.25) is 0 Å². The molecule has 0 aromatic carbocycles. The summed E-state index contributed by atoms with van der Waals surface area (Å²) in [4.78, 5) is 0. The highest BCUT2D eigenvalue weighted by atomic mass is 14.9. The Bertz CT molecular complexity index is 221. The van der Waals surface area contributed by atoms with E-state index in [1.54, 1.807) is 0 Å². The Balaban J connectivity index is 0. The molecule has 0 aliphatic carbocycles. The van der Waals surface area contributed by atoms with E-state index in [1.165, 1.54) is 0 Å². The third-order valence-electron chi connectivity index (χ3n) is 1.46. The number of nitrogens with two attached hydrogens (primary N) is 1. The molecular formula is C11H21N3. The summed E-state index contributed by atoms with van der Waals surface area (Å²) >= 11 is 0. The molecule has 0 aliphatic rings. The highest BCUT2D eigenvalue weighted by molar-refractivity contribution is 5.25. The number of hydrogen-bond acceptors (Lipinski definition) is 3. The first-order valence-corrected chi connectivity index (χ1v) is 4.95. The lowest BCUT2D eigenvalue weighted by atomic mass is 10.3. The summed E-state index contributed by atoms with van der Waals surface area (Å²) in [6.45, 7) is 8.43. The first kappa shape index (κ1) is 15.1. The van der Waals surface area contributed by atoms with Crippen molar-refractivity contribution in [2.24, 2.45) is 5.73 Å². The average molecular weight is 195 g/mol. The van der Waals surface area contributed by atoms with E-state index in [0.29, 0.717) is 13.0 Å². The topological polar surface area (TPSA) is 61.8 Å². The highest BCUT2D eigenvalue weighted by Crippen LogP contribution is 1.98. The maximum Gasteiger partial charge on any atom is 0.0640 e. The van der Waals surface area contributed by atoms with E-state index in [9.17, 15) is 0 Å². The second-order valence-electron chi connectivity index (χ2n) is 2.28. The number of rotatable bonds is 4. The van der Waals surface area contributed by atoms with Gasteiger partial charge in [-0.2, -0.15) is 5.26 Å². The van der Waals surface area contributed by atoms with Gasteiger partial charge in [0.15, 0.2) is 0 Å². The molecule has 0 rings (SSSR count). The van der Waals surface area contributed by atoms with Gasteiger partial charge < -0.3 is 11.1 Å². The molecule has 0 saturated heterocycles. The molecule has 0 radical (unpaired) electrons. The monoisotopic (exact) mass is 195 g/mol. The largest absolute Gasteiger partial charge is 0.397 e. The van der Waals surface area contributed by atoms with Gasteiger partial charge in [0, 0.05) is 6.54 Å². The zero-order valence-electron chi connectivity index (χ0n) is 9.59. The summed E-state index contributed by atoms with van der Waals surface area (Å²) in [5.41, 5.74) is 7.27. The summed E-state index contributed by atoms with van der Waals surface area (Å²) in [6, 6.07) is 2.05. The average Bonchev–Trinajstić information content (AvgIpc) is 2.26. The predicted molar refractivity (Wildman–Crippen MR) is 61.3 cm³/mol. The second kappa shape index (κ2) is 11.6. The van der Waals surface area contributed by atoms with Crippen molar-refractivity contribution in [2.45, 2.75) is 34.1 Å². The molecule has 3 heteroatoms. The Morgan fingerprint density at radius 3 is 2.29 bits per heavy atom. The van der Waals surface area contributed by atoms with Crippen LogP contribution >= 0.6 is 0 Å². The summed E-state index contributed by atoms with van der Waals surface area (Å²) in [5.74, 6) is 0. The van der Waals surface area contributed by atoms with Crippen molar-refractivity contribution in [1.82, 2.24) is 5.32 Å². The molecular weight excluding hydrogens is 174 g/mol. The van der Waals surface area contributed by atoms with Gasteiger partial charge in [-0.25, -0.2) is 0 Å². The van der Waals surface area contributed by atoms with Crippen molar-refractivity contribution in [2.75, 3.05) is 6.54 Å². The lowest BCUT2D eigenvalue weighted by Gasteiger charge is -2.08. The minimum absolute atomic E-state index is 0.494. The Hall–Kier alpha value is -1.43. The minimum Gasteiger partial charge on any atom is -0.397 e. The van der Waals surface area contributed by atoms with E-state index in [1.807, 2.05) is 39.8 Å². The smallest absolute Gasteiger partial charge is 0.0640 e. The molecule has 0 saturated carbocycles. The Morgan fingerprint density at radius 2 is 1.93 bits per heavy atom. The number of nitriles is 1. The first-order chi connectivity index (χ1) is 6.76. The normalized spacial score (nSPS) is 11.1. The highest BCUT2D eigenvalue weighted by Gasteiger charge is 1.95. The van der Waals surface area contributed by atoms with Crippen LogP contribution in [-0.4, -0.2) is 6.54 Å². The van der Waals surface area contributed by atoms with Crippen molar-refractivity contribution in [3.8, 4) is 6.07 Å². The van der Waals surface area contributed by atoms with E-state index >= 15 is 0 Å². The van der Waals surface area contributed by atoms with Crippen molar-refractivity contribution in [3.63, 3.8) is 0 Å². The van der Waals surface area contributed by atoms with Crippen molar-refractivity contribution in [1.29, 1.82) is 5.26 Å². The molecule has 80 valence electrons.